The second-order valence-electron chi connectivity index (χ2n) is 8.03. The summed E-state index contributed by atoms with van der Waals surface area (Å²) in [4.78, 5) is 11.4. The molecule has 1 fully saturated rings. The van der Waals surface area contributed by atoms with E-state index in [1.54, 1.807) is 6.20 Å². The average Bonchev–Trinajstić information content (AvgIpc) is 2.62. The first-order valence-corrected chi connectivity index (χ1v) is 9.84. The molecule has 0 unspecified atom stereocenters. The Hall–Kier alpha value is -2.01. The minimum absolute atomic E-state index is 0.306. The number of rotatable bonds is 5. The van der Waals surface area contributed by atoms with Gasteiger partial charge in [-0.3, -0.25) is 0 Å². The van der Waals surface area contributed by atoms with Gasteiger partial charge in [-0.1, -0.05) is 23.7 Å². The Kier molecular flexibility index (Phi) is 6.10. The summed E-state index contributed by atoms with van der Waals surface area (Å²) in [6, 6.07) is 7.62. The second kappa shape index (κ2) is 8.34. The summed E-state index contributed by atoms with van der Waals surface area (Å²) in [7, 11) is 0. The summed E-state index contributed by atoms with van der Waals surface area (Å²) < 4.78 is 12.0. The normalized spacial score (nSPS) is 15.7. The fraction of sp³-hybridized carbons (Fsp3) is 0.524. The van der Waals surface area contributed by atoms with E-state index in [1.807, 2.05) is 52.0 Å². The van der Waals surface area contributed by atoms with Crippen LogP contribution in [0.3, 0.4) is 0 Å². The van der Waals surface area contributed by atoms with Crippen molar-refractivity contribution in [2.75, 3.05) is 24.6 Å². The molecule has 0 N–H and O–H groups in total. The number of hydrogen-bond donors (Lipinski definition) is 0. The van der Waals surface area contributed by atoms with Crippen molar-refractivity contribution >= 4 is 17.4 Å². The molecule has 2 heterocycles. The van der Waals surface area contributed by atoms with E-state index in [0.717, 1.165) is 43.2 Å². The zero-order valence-electron chi connectivity index (χ0n) is 16.5. The molecule has 0 saturated carbocycles. The number of halogens is 1. The largest absolute Gasteiger partial charge is 0.492 e. The van der Waals surface area contributed by atoms with E-state index in [1.165, 1.54) is 0 Å². The minimum atomic E-state index is -0.306. The lowest BCUT2D eigenvalue weighted by atomic mass is 9.98. The molecule has 2 aromatic rings. The highest BCUT2D eigenvalue weighted by atomic mass is 35.5. The van der Waals surface area contributed by atoms with Gasteiger partial charge in [-0.15, -0.1) is 0 Å². The van der Waals surface area contributed by atoms with Gasteiger partial charge in [0.05, 0.1) is 23.5 Å². The number of benzene rings is 1. The van der Waals surface area contributed by atoms with Crippen molar-refractivity contribution in [2.24, 2.45) is 5.92 Å². The standard InChI is InChI=1S/C21H28ClN3O2/c1-15-13-23-20(27-21(2,3)4)19(24-15)25-11-9-16(10-12-25)14-26-18-8-6-5-7-17(18)22/h5-8,13,16H,9-12,14H2,1-4H3. The Bertz CT molecular complexity index is 768. The molecule has 1 aliphatic heterocycles. The molecule has 0 aliphatic carbocycles. The van der Waals surface area contributed by atoms with Crippen LogP contribution in [0.1, 0.15) is 39.3 Å². The first kappa shape index (κ1) is 19.7. The molecule has 1 aliphatic rings. The van der Waals surface area contributed by atoms with E-state index in [4.69, 9.17) is 26.1 Å². The fourth-order valence-corrected chi connectivity index (χ4v) is 3.29. The molecule has 0 amide bonds. The van der Waals surface area contributed by atoms with Crippen molar-refractivity contribution in [2.45, 2.75) is 46.1 Å². The van der Waals surface area contributed by atoms with Gasteiger partial charge >= 0.3 is 0 Å². The van der Waals surface area contributed by atoms with Crippen LogP contribution in [0.5, 0.6) is 11.6 Å². The van der Waals surface area contributed by atoms with Gasteiger partial charge in [-0.05, 0) is 58.6 Å². The molecule has 27 heavy (non-hydrogen) atoms. The molecule has 0 atom stereocenters. The molecule has 146 valence electrons. The van der Waals surface area contributed by atoms with E-state index >= 15 is 0 Å². The van der Waals surface area contributed by atoms with Crippen LogP contribution in [-0.4, -0.2) is 35.3 Å². The van der Waals surface area contributed by atoms with Gasteiger partial charge in [0.1, 0.15) is 11.4 Å². The van der Waals surface area contributed by atoms with Crippen LogP contribution in [0.15, 0.2) is 30.5 Å². The molecular formula is C21H28ClN3O2. The smallest absolute Gasteiger partial charge is 0.258 e. The Balaban J connectivity index is 1.60. The van der Waals surface area contributed by atoms with Gasteiger partial charge in [-0.2, -0.15) is 0 Å². The van der Waals surface area contributed by atoms with E-state index in [0.29, 0.717) is 23.4 Å². The van der Waals surface area contributed by atoms with E-state index in [9.17, 15) is 0 Å². The van der Waals surface area contributed by atoms with Crippen LogP contribution in [0.4, 0.5) is 5.82 Å². The third-order valence-electron chi connectivity index (χ3n) is 4.47. The average molecular weight is 390 g/mol. The summed E-state index contributed by atoms with van der Waals surface area (Å²) in [5.74, 6) is 2.71. The number of anilines is 1. The molecule has 6 heteroatoms. The highest BCUT2D eigenvalue weighted by Gasteiger charge is 2.26. The third kappa shape index (κ3) is 5.48. The Morgan fingerprint density at radius 2 is 1.89 bits per heavy atom. The monoisotopic (exact) mass is 389 g/mol. The quantitative estimate of drug-likeness (QED) is 0.727. The number of hydrogen-bond acceptors (Lipinski definition) is 5. The maximum Gasteiger partial charge on any atom is 0.258 e. The van der Waals surface area contributed by atoms with Gasteiger partial charge in [0.25, 0.3) is 5.88 Å². The highest BCUT2D eigenvalue weighted by Crippen LogP contribution is 2.31. The molecule has 3 rings (SSSR count). The molecule has 0 bridgehead atoms. The van der Waals surface area contributed by atoms with E-state index in [2.05, 4.69) is 9.88 Å². The van der Waals surface area contributed by atoms with E-state index < -0.39 is 0 Å². The molecule has 0 spiro atoms. The first-order valence-electron chi connectivity index (χ1n) is 9.47. The van der Waals surface area contributed by atoms with Crippen LogP contribution in [0.25, 0.3) is 0 Å². The number of ether oxygens (including phenoxy) is 2. The van der Waals surface area contributed by atoms with E-state index in [-0.39, 0.29) is 5.60 Å². The summed E-state index contributed by atoms with van der Waals surface area (Å²) in [6.45, 7) is 10.5. The molecular weight excluding hydrogens is 362 g/mol. The number of para-hydroxylation sites is 1. The van der Waals surface area contributed by atoms with Crippen molar-refractivity contribution in [3.05, 3.63) is 41.2 Å². The molecule has 1 aromatic heterocycles. The van der Waals surface area contributed by atoms with Crippen molar-refractivity contribution in [1.29, 1.82) is 0 Å². The summed E-state index contributed by atoms with van der Waals surface area (Å²) >= 11 is 6.17. The Morgan fingerprint density at radius 1 is 1.19 bits per heavy atom. The lowest BCUT2D eigenvalue weighted by molar-refractivity contribution is 0.123. The summed E-state index contributed by atoms with van der Waals surface area (Å²) in [5.41, 5.74) is 0.593. The maximum absolute atomic E-state index is 6.17. The van der Waals surface area contributed by atoms with Crippen molar-refractivity contribution in [3.8, 4) is 11.6 Å². The van der Waals surface area contributed by atoms with Gasteiger partial charge in [0.2, 0.25) is 0 Å². The molecule has 1 aromatic carbocycles. The SMILES string of the molecule is Cc1cnc(OC(C)(C)C)c(N2CCC(COc3ccccc3Cl)CC2)n1. The number of piperidine rings is 1. The van der Waals surface area contributed by atoms with Crippen LogP contribution in [-0.2, 0) is 0 Å². The predicted molar refractivity (Wildman–Crippen MR) is 109 cm³/mol. The number of nitrogens with zero attached hydrogens (tertiary/aromatic N) is 3. The molecule has 1 saturated heterocycles. The van der Waals surface area contributed by atoms with Gasteiger partial charge < -0.3 is 14.4 Å². The van der Waals surface area contributed by atoms with Gasteiger partial charge in [0.15, 0.2) is 5.82 Å². The number of aromatic nitrogens is 2. The zero-order chi connectivity index (χ0) is 19.4. The second-order valence-corrected chi connectivity index (χ2v) is 8.43. The van der Waals surface area contributed by atoms with Crippen LogP contribution < -0.4 is 14.4 Å². The van der Waals surface area contributed by atoms with Gasteiger partial charge in [0, 0.05) is 13.1 Å². The summed E-state index contributed by atoms with van der Waals surface area (Å²) in [6.07, 6.45) is 3.83. The highest BCUT2D eigenvalue weighted by molar-refractivity contribution is 6.32. The van der Waals surface area contributed by atoms with Crippen LogP contribution in [0.2, 0.25) is 5.02 Å². The maximum atomic E-state index is 6.17. The van der Waals surface area contributed by atoms with Crippen molar-refractivity contribution in [1.82, 2.24) is 9.97 Å². The third-order valence-corrected chi connectivity index (χ3v) is 4.78. The lowest BCUT2D eigenvalue weighted by Gasteiger charge is -2.34. The minimum Gasteiger partial charge on any atom is -0.492 e. The Labute approximate surface area is 166 Å². The topological polar surface area (TPSA) is 47.5 Å². The lowest BCUT2D eigenvalue weighted by Crippen LogP contribution is -2.37. The molecule has 0 radical (unpaired) electrons. The Morgan fingerprint density at radius 3 is 2.56 bits per heavy atom. The van der Waals surface area contributed by atoms with Crippen molar-refractivity contribution < 1.29 is 9.47 Å². The van der Waals surface area contributed by atoms with Crippen molar-refractivity contribution in [3.63, 3.8) is 0 Å². The molecule has 5 nitrogen and oxygen atoms in total. The van der Waals surface area contributed by atoms with Crippen LogP contribution in [0, 0.1) is 12.8 Å². The fourth-order valence-electron chi connectivity index (χ4n) is 3.10. The van der Waals surface area contributed by atoms with Gasteiger partial charge in [-0.25, -0.2) is 9.97 Å². The summed E-state index contributed by atoms with van der Waals surface area (Å²) in [5, 5.41) is 0.661. The van der Waals surface area contributed by atoms with Crippen LogP contribution >= 0.6 is 11.6 Å². The first-order chi connectivity index (χ1) is 12.8. The number of aryl methyl sites for hydroxylation is 1. The zero-order valence-corrected chi connectivity index (χ0v) is 17.3. The predicted octanol–water partition coefficient (Wildman–Crippen LogP) is 4.91.